The maximum atomic E-state index is 8.76. The van der Waals surface area contributed by atoms with E-state index in [4.69, 9.17) is 16.0 Å². The molecule has 0 aromatic heterocycles. The maximum absolute atomic E-state index is 8.76. The molecule has 148 valence electrons. The number of rotatable bonds is 5. The molecule has 3 fully saturated rings. The van der Waals surface area contributed by atoms with Gasteiger partial charge in [0.25, 0.3) is 5.88 Å². The minimum atomic E-state index is 0.449. The van der Waals surface area contributed by atoms with Crippen LogP contribution in [0.1, 0.15) is 58.3 Å². The van der Waals surface area contributed by atoms with Crippen molar-refractivity contribution in [2.45, 2.75) is 70.4 Å². The Bertz CT molecular complexity index is 668. The van der Waals surface area contributed by atoms with Crippen molar-refractivity contribution in [3.63, 3.8) is 0 Å². The molecule has 0 aromatic carbocycles. The largest absolute Gasteiger partial charge is 0.402 e. The number of amidine groups is 2. The lowest BCUT2D eigenvalue weighted by molar-refractivity contribution is 0.174. The van der Waals surface area contributed by atoms with Crippen molar-refractivity contribution >= 4 is 11.7 Å². The molecule has 7 nitrogen and oxygen atoms in total. The Morgan fingerprint density at radius 1 is 1.22 bits per heavy atom. The van der Waals surface area contributed by atoms with E-state index in [0.29, 0.717) is 41.0 Å². The minimum Gasteiger partial charge on any atom is -0.402 e. The third kappa shape index (κ3) is 4.46. The van der Waals surface area contributed by atoms with Gasteiger partial charge in [-0.1, -0.05) is 19.3 Å². The second-order valence-electron chi connectivity index (χ2n) is 8.36. The van der Waals surface area contributed by atoms with Gasteiger partial charge < -0.3 is 20.8 Å². The summed E-state index contributed by atoms with van der Waals surface area (Å²) in [4.78, 5) is 12.3. The van der Waals surface area contributed by atoms with Gasteiger partial charge in [-0.3, -0.25) is 5.41 Å². The summed E-state index contributed by atoms with van der Waals surface area (Å²) in [5.74, 6) is 2.29. The van der Waals surface area contributed by atoms with Crippen LogP contribution in [0.5, 0.6) is 0 Å². The Balaban J connectivity index is 1.43. The van der Waals surface area contributed by atoms with Crippen molar-refractivity contribution in [1.82, 2.24) is 15.7 Å². The molecule has 0 aromatic rings. The third-order valence-electron chi connectivity index (χ3n) is 5.88. The first-order valence-corrected chi connectivity index (χ1v) is 10.4. The molecular weight excluding hydrogens is 340 g/mol. The fourth-order valence-electron chi connectivity index (χ4n) is 4.23. The highest BCUT2D eigenvalue weighted by molar-refractivity contribution is 6.00. The van der Waals surface area contributed by atoms with Crippen molar-refractivity contribution in [3.05, 3.63) is 23.2 Å². The zero-order valence-electron chi connectivity index (χ0n) is 16.3. The molecule has 7 heteroatoms. The van der Waals surface area contributed by atoms with Crippen LogP contribution in [0.25, 0.3) is 0 Å². The van der Waals surface area contributed by atoms with Crippen molar-refractivity contribution < 1.29 is 4.84 Å². The van der Waals surface area contributed by atoms with Crippen molar-refractivity contribution in [2.24, 2.45) is 16.6 Å². The Morgan fingerprint density at radius 2 is 2.00 bits per heavy atom. The average Bonchev–Trinajstić information content (AvgIpc) is 3.21. The summed E-state index contributed by atoms with van der Waals surface area (Å²) in [6, 6.07) is 1.10. The molecule has 2 heterocycles. The first kappa shape index (κ1) is 18.3. The molecule has 4 aliphatic rings. The third-order valence-corrected chi connectivity index (χ3v) is 5.88. The van der Waals surface area contributed by atoms with Gasteiger partial charge in [0, 0.05) is 36.8 Å². The number of hydroxylamine groups is 1. The van der Waals surface area contributed by atoms with Crippen molar-refractivity contribution in [3.8, 4) is 0 Å². The van der Waals surface area contributed by atoms with Crippen molar-refractivity contribution in [1.29, 1.82) is 5.41 Å². The first-order valence-electron chi connectivity index (χ1n) is 10.4. The molecule has 0 radical (unpaired) electrons. The molecule has 2 aliphatic carbocycles. The zero-order valence-corrected chi connectivity index (χ0v) is 16.3. The fraction of sp³-hybridized carbons (Fsp3) is 0.700. The van der Waals surface area contributed by atoms with Crippen LogP contribution in [0, 0.1) is 11.3 Å². The van der Waals surface area contributed by atoms with Crippen LogP contribution in [0.2, 0.25) is 0 Å². The molecule has 1 atom stereocenters. The van der Waals surface area contributed by atoms with Gasteiger partial charge in [0.2, 0.25) is 0 Å². The molecular formula is C20H32N6O. The lowest BCUT2D eigenvalue weighted by Gasteiger charge is -2.27. The number of hydrogen-bond donors (Lipinski definition) is 4. The Morgan fingerprint density at radius 3 is 2.70 bits per heavy atom. The summed E-state index contributed by atoms with van der Waals surface area (Å²) in [6.07, 6.45) is 11.8. The summed E-state index contributed by atoms with van der Waals surface area (Å²) in [5, 5.41) is 12.6. The Labute approximate surface area is 161 Å². The van der Waals surface area contributed by atoms with Gasteiger partial charge in [-0.15, -0.1) is 0 Å². The van der Waals surface area contributed by atoms with E-state index >= 15 is 0 Å². The molecule has 4 rings (SSSR count). The molecule has 0 bridgehead atoms. The van der Waals surface area contributed by atoms with E-state index in [-0.39, 0.29) is 0 Å². The highest BCUT2D eigenvalue weighted by Gasteiger charge is 2.34. The monoisotopic (exact) mass is 372 g/mol. The maximum Gasteiger partial charge on any atom is 0.258 e. The molecule has 1 saturated heterocycles. The molecule has 5 N–H and O–H groups in total. The van der Waals surface area contributed by atoms with E-state index in [2.05, 4.69) is 20.7 Å². The van der Waals surface area contributed by atoms with Gasteiger partial charge in [0.05, 0.1) is 5.57 Å². The fourth-order valence-corrected chi connectivity index (χ4v) is 4.23. The minimum absolute atomic E-state index is 0.449. The predicted molar refractivity (Wildman–Crippen MR) is 107 cm³/mol. The number of allylic oxidation sites excluding steroid dienone is 1. The van der Waals surface area contributed by atoms with Crippen LogP contribution in [-0.4, -0.2) is 41.7 Å². The normalized spacial score (nSPS) is 28.6. The number of nitrogens with zero attached hydrogens (tertiary/aromatic N) is 2. The van der Waals surface area contributed by atoms with Gasteiger partial charge in [0.1, 0.15) is 11.7 Å². The topological polar surface area (TPSA) is 98.8 Å². The van der Waals surface area contributed by atoms with Gasteiger partial charge >= 0.3 is 0 Å². The van der Waals surface area contributed by atoms with Crippen LogP contribution in [-0.2, 0) is 4.84 Å². The zero-order chi connectivity index (χ0) is 18.8. The predicted octanol–water partition coefficient (Wildman–Crippen LogP) is 2.38. The molecule has 2 saturated carbocycles. The lowest BCUT2D eigenvalue weighted by atomic mass is 9.95. The second kappa shape index (κ2) is 7.92. The quantitative estimate of drug-likeness (QED) is 0.439. The smallest absolute Gasteiger partial charge is 0.258 e. The van der Waals surface area contributed by atoms with Crippen molar-refractivity contribution in [2.75, 3.05) is 13.1 Å². The van der Waals surface area contributed by atoms with Gasteiger partial charge in [0.15, 0.2) is 0 Å². The molecule has 0 spiro atoms. The number of aliphatic imine (C=N–C) groups is 1. The molecule has 0 amide bonds. The Kier molecular flexibility index (Phi) is 5.38. The molecule has 27 heavy (non-hydrogen) atoms. The van der Waals surface area contributed by atoms with Gasteiger partial charge in [-0.2, -0.15) is 4.99 Å². The highest BCUT2D eigenvalue weighted by Crippen LogP contribution is 2.33. The lowest BCUT2D eigenvalue weighted by Crippen LogP contribution is -2.42. The highest BCUT2D eigenvalue weighted by atomic mass is 16.7. The van der Waals surface area contributed by atoms with E-state index < -0.39 is 0 Å². The van der Waals surface area contributed by atoms with Gasteiger partial charge in [-0.25, -0.2) is 5.48 Å². The van der Waals surface area contributed by atoms with Crippen LogP contribution in [0.3, 0.4) is 0 Å². The Hall–Kier alpha value is -2.02. The number of likely N-dealkylation sites (tertiary alicyclic amines) is 1. The van der Waals surface area contributed by atoms with Crippen LogP contribution >= 0.6 is 0 Å². The number of hydrogen-bond acceptors (Lipinski definition) is 6. The van der Waals surface area contributed by atoms with E-state index in [1.807, 2.05) is 6.92 Å². The SMILES string of the molecule is C/C(N)=C/C(C(=N)N1CCC(NC2CCCCC2)C1)=C1/N=C(C2CC2)NO1. The van der Waals surface area contributed by atoms with E-state index in [1.165, 1.54) is 32.1 Å². The molecule has 1 unspecified atom stereocenters. The van der Waals surface area contributed by atoms with Crippen LogP contribution < -0.4 is 16.5 Å². The summed E-state index contributed by atoms with van der Waals surface area (Å²) >= 11 is 0. The average molecular weight is 373 g/mol. The van der Waals surface area contributed by atoms with Crippen LogP contribution in [0.4, 0.5) is 0 Å². The van der Waals surface area contributed by atoms with Crippen LogP contribution in [0.15, 0.2) is 28.2 Å². The van der Waals surface area contributed by atoms with E-state index in [0.717, 1.165) is 38.2 Å². The summed E-state index contributed by atoms with van der Waals surface area (Å²) in [6.45, 7) is 3.57. The first-order chi connectivity index (χ1) is 13.1. The van der Waals surface area contributed by atoms with Gasteiger partial charge in [-0.05, 0) is 45.1 Å². The second-order valence-corrected chi connectivity index (χ2v) is 8.36. The number of nitrogens with two attached hydrogens (primary N) is 1. The molecule has 2 aliphatic heterocycles. The summed E-state index contributed by atoms with van der Waals surface area (Å²) in [5.41, 5.74) is 10.2. The van der Waals surface area contributed by atoms with E-state index in [9.17, 15) is 0 Å². The summed E-state index contributed by atoms with van der Waals surface area (Å²) in [7, 11) is 0. The standard InChI is InChI=1S/C20H32N6O/c1-13(21)11-17(20-24-19(25-27-20)14-7-8-14)18(22)26-10-9-16(12-26)23-15-5-3-2-4-6-15/h11,14-16,22-23H,2-10,12,21H2,1H3,(H,24,25)/b13-11-,20-17+,22-18?. The van der Waals surface area contributed by atoms with E-state index in [1.54, 1.807) is 6.08 Å². The summed E-state index contributed by atoms with van der Waals surface area (Å²) < 4.78 is 0. The number of nitrogens with one attached hydrogen (secondary N) is 3.